The Kier molecular flexibility index (Phi) is 10.6. The Balaban J connectivity index is 1.66. The van der Waals surface area contributed by atoms with Crippen molar-refractivity contribution in [2.24, 2.45) is 5.73 Å². The molecule has 1 amide bonds. The van der Waals surface area contributed by atoms with Gasteiger partial charge in [-0.3, -0.25) is 4.79 Å². The van der Waals surface area contributed by atoms with Crippen LogP contribution in [0.5, 0.6) is 5.75 Å². The van der Waals surface area contributed by atoms with Crippen molar-refractivity contribution < 1.29 is 19.7 Å². The maximum atomic E-state index is 13.2. The van der Waals surface area contributed by atoms with Crippen LogP contribution in [0.2, 0.25) is 0 Å². The number of hydrogen-bond donors (Lipinski definition) is 3. The van der Waals surface area contributed by atoms with E-state index in [9.17, 15) is 15.0 Å². The Morgan fingerprint density at radius 1 is 0.971 bits per heavy atom. The molecule has 0 saturated heterocycles. The van der Waals surface area contributed by atoms with Crippen LogP contribution < -0.4 is 10.5 Å². The number of aliphatic hydroxyl groups excluding tert-OH is 2. The first-order chi connectivity index (χ1) is 17.0. The summed E-state index contributed by atoms with van der Waals surface area (Å²) in [7, 11) is 1.59. The third-order valence-corrected chi connectivity index (χ3v) is 6.77. The topological polar surface area (TPSA) is 96.0 Å². The highest BCUT2D eigenvalue weighted by molar-refractivity contribution is 7.99. The predicted molar refractivity (Wildman–Crippen MR) is 140 cm³/mol. The predicted octanol–water partition coefficient (Wildman–Crippen LogP) is 3.50. The standard InChI is InChI=1S/C28H34N2O4S/c1-34-23-12-8-11-22(17-23)19-30(20-27(32)25(29)18-21-9-4-2-5-10-21)28(33)26(31)15-16-35-24-13-6-3-7-14-24/h2-14,17,25-27,31-32H,15-16,18-20,29H2,1H3/t25-,26?,27+/m0/s1. The maximum Gasteiger partial charge on any atom is 0.251 e. The minimum atomic E-state index is -1.17. The van der Waals surface area contributed by atoms with Gasteiger partial charge in [-0.25, -0.2) is 0 Å². The molecule has 0 spiro atoms. The lowest BCUT2D eigenvalue weighted by molar-refractivity contribution is -0.142. The zero-order chi connectivity index (χ0) is 25.0. The van der Waals surface area contributed by atoms with Crippen molar-refractivity contribution in [3.63, 3.8) is 0 Å². The highest BCUT2D eigenvalue weighted by Gasteiger charge is 2.27. The van der Waals surface area contributed by atoms with Gasteiger partial charge >= 0.3 is 0 Å². The number of thioether (sulfide) groups is 1. The summed E-state index contributed by atoms with van der Waals surface area (Å²) in [6.45, 7) is 0.251. The van der Waals surface area contributed by atoms with Gasteiger partial charge < -0.3 is 25.6 Å². The summed E-state index contributed by atoms with van der Waals surface area (Å²) in [5.41, 5.74) is 8.14. The van der Waals surface area contributed by atoms with Gasteiger partial charge in [-0.05, 0) is 48.2 Å². The van der Waals surface area contributed by atoms with Gasteiger partial charge in [0.15, 0.2) is 0 Å². The molecule has 3 aromatic carbocycles. The van der Waals surface area contributed by atoms with Gasteiger partial charge in [-0.2, -0.15) is 0 Å². The van der Waals surface area contributed by atoms with Crippen molar-refractivity contribution in [2.45, 2.75) is 42.5 Å². The Bertz CT molecular complexity index is 1040. The van der Waals surface area contributed by atoms with Crippen molar-refractivity contribution >= 4 is 17.7 Å². The molecule has 0 aliphatic heterocycles. The zero-order valence-corrected chi connectivity index (χ0v) is 20.8. The van der Waals surface area contributed by atoms with Gasteiger partial charge in [0.1, 0.15) is 11.9 Å². The number of methoxy groups -OCH3 is 1. The fraction of sp³-hybridized carbons (Fsp3) is 0.321. The molecule has 4 N–H and O–H groups in total. The number of amides is 1. The number of rotatable bonds is 13. The molecule has 0 bridgehead atoms. The molecule has 0 aliphatic carbocycles. The molecule has 3 atom stereocenters. The van der Waals surface area contributed by atoms with Gasteiger partial charge in [0, 0.05) is 29.8 Å². The lowest BCUT2D eigenvalue weighted by Gasteiger charge is -2.30. The molecule has 0 fully saturated rings. The van der Waals surface area contributed by atoms with E-state index in [-0.39, 0.29) is 13.1 Å². The van der Waals surface area contributed by atoms with Gasteiger partial charge in [0.25, 0.3) is 5.91 Å². The maximum absolute atomic E-state index is 13.2. The van der Waals surface area contributed by atoms with Crippen LogP contribution in [0.3, 0.4) is 0 Å². The van der Waals surface area contributed by atoms with Crippen LogP contribution in [0.4, 0.5) is 0 Å². The van der Waals surface area contributed by atoms with Crippen molar-refractivity contribution in [1.29, 1.82) is 0 Å². The van der Waals surface area contributed by atoms with Crippen LogP contribution in [0, 0.1) is 0 Å². The second kappa shape index (κ2) is 13.9. The third-order valence-electron chi connectivity index (χ3n) is 5.72. The molecule has 3 rings (SSSR count). The average Bonchev–Trinajstić information content (AvgIpc) is 2.89. The van der Waals surface area contributed by atoms with E-state index in [4.69, 9.17) is 10.5 Å². The smallest absolute Gasteiger partial charge is 0.251 e. The molecular formula is C28H34N2O4S. The minimum Gasteiger partial charge on any atom is -0.497 e. The lowest BCUT2D eigenvalue weighted by atomic mass is 10.0. The highest BCUT2D eigenvalue weighted by Crippen LogP contribution is 2.20. The van der Waals surface area contributed by atoms with Crippen molar-refractivity contribution in [2.75, 3.05) is 19.4 Å². The largest absolute Gasteiger partial charge is 0.497 e. The fourth-order valence-electron chi connectivity index (χ4n) is 3.75. The number of hydrogen-bond acceptors (Lipinski definition) is 6. The second-order valence-electron chi connectivity index (χ2n) is 8.46. The van der Waals surface area contributed by atoms with E-state index in [0.29, 0.717) is 24.3 Å². The summed E-state index contributed by atoms with van der Waals surface area (Å²) in [4.78, 5) is 15.8. The number of nitrogens with two attached hydrogens (primary N) is 1. The van der Waals surface area contributed by atoms with Gasteiger partial charge in [0.2, 0.25) is 0 Å². The van der Waals surface area contributed by atoms with E-state index < -0.39 is 24.2 Å². The first-order valence-electron chi connectivity index (χ1n) is 11.7. The Morgan fingerprint density at radius 3 is 2.31 bits per heavy atom. The number of ether oxygens (including phenoxy) is 1. The summed E-state index contributed by atoms with van der Waals surface area (Å²) in [5, 5.41) is 21.5. The quantitative estimate of drug-likeness (QED) is 0.315. The average molecular weight is 495 g/mol. The van der Waals surface area contributed by atoms with Gasteiger partial charge in [0.05, 0.1) is 13.2 Å². The van der Waals surface area contributed by atoms with Crippen LogP contribution in [0.1, 0.15) is 17.5 Å². The first kappa shape index (κ1) is 26.8. The van der Waals surface area contributed by atoms with Crippen LogP contribution in [-0.2, 0) is 17.8 Å². The number of carbonyl (C=O) groups excluding carboxylic acids is 1. The van der Waals surface area contributed by atoms with Gasteiger partial charge in [-0.1, -0.05) is 60.7 Å². The Hall–Kier alpha value is -2.84. The van der Waals surface area contributed by atoms with Crippen LogP contribution in [-0.4, -0.2) is 58.7 Å². The van der Waals surface area contributed by atoms with E-state index in [2.05, 4.69) is 0 Å². The third kappa shape index (κ3) is 8.71. The highest BCUT2D eigenvalue weighted by atomic mass is 32.2. The normalized spacial score (nSPS) is 13.6. The summed E-state index contributed by atoms with van der Waals surface area (Å²) in [5.74, 6) is 0.850. The number of nitrogens with zero attached hydrogens (tertiary/aromatic N) is 1. The first-order valence-corrected chi connectivity index (χ1v) is 12.7. The van der Waals surface area contributed by atoms with Gasteiger partial charge in [-0.15, -0.1) is 11.8 Å². The summed E-state index contributed by atoms with van der Waals surface area (Å²) in [6, 6.07) is 26.4. The lowest BCUT2D eigenvalue weighted by Crippen LogP contribution is -2.48. The van der Waals surface area contributed by atoms with Crippen molar-refractivity contribution in [3.05, 3.63) is 96.1 Å². The number of aliphatic hydroxyl groups is 2. The van der Waals surface area contributed by atoms with Crippen molar-refractivity contribution in [1.82, 2.24) is 4.90 Å². The molecular weight excluding hydrogens is 460 g/mol. The van der Waals surface area contributed by atoms with Crippen LogP contribution in [0.15, 0.2) is 89.8 Å². The Labute approximate surface area is 211 Å². The van der Waals surface area contributed by atoms with E-state index >= 15 is 0 Å². The van der Waals surface area contributed by atoms with Crippen LogP contribution in [0.25, 0.3) is 0 Å². The molecule has 0 heterocycles. The summed E-state index contributed by atoms with van der Waals surface area (Å²) < 4.78 is 5.30. The van der Waals surface area contributed by atoms with E-state index in [0.717, 1.165) is 16.0 Å². The minimum absolute atomic E-state index is 0.0208. The SMILES string of the molecule is COc1cccc(CN(C[C@@H](O)[C@@H](N)Cc2ccccc2)C(=O)C(O)CCSc2ccccc2)c1. The summed E-state index contributed by atoms with van der Waals surface area (Å²) in [6.07, 6.45) is -1.33. The molecule has 1 unspecified atom stereocenters. The van der Waals surface area contributed by atoms with E-state index in [1.54, 1.807) is 18.9 Å². The molecule has 0 radical (unpaired) electrons. The number of benzene rings is 3. The van der Waals surface area contributed by atoms with Crippen LogP contribution >= 0.6 is 11.8 Å². The molecule has 7 heteroatoms. The second-order valence-corrected chi connectivity index (χ2v) is 9.63. The zero-order valence-electron chi connectivity index (χ0n) is 20.0. The molecule has 0 aromatic heterocycles. The molecule has 6 nitrogen and oxygen atoms in total. The van der Waals surface area contributed by atoms with E-state index in [1.165, 1.54) is 4.90 Å². The number of carbonyl (C=O) groups is 1. The molecule has 0 saturated carbocycles. The molecule has 186 valence electrons. The molecule has 35 heavy (non-hydrogen) atoms. The van der Waals surface area contributed by atoms with E-state index in [1.807, 2.05) is 84.9 Å². The van der Waals surface area contributed by atoms with Crippen molar-refractivity contribution in [3.8, 4) is 5.75 Å². The monoisotopic (exact) mass is 494 g/mol. The molecule has 0 aliphatic rings. The fourth-order valence-corrected chi connectivity index (χ4v) is 4.67. The molecule has 3 aromatic rings. The summed E-state index contributed by atoms with van der Waals surface area (Å²) >= 11 is 1.59. The Morgan fingerprint density at radius 2 is 1.63 bits per heavy atom.